The van der Waals surface area contributed by atoms with Crippen molar-refractivity contribution in [1.29, 1.82) is 5.26 Å². The number of carbonyl (C=O) groups excluding carboxylic acids is 1. The molecular formula is C31H27N3O5. The van der Waals surface area contributed by atoms with Gasteiger partial charge in [-0.25, -0.2) is 0 Å². The summed E-state index contributed by atoms with van der Waals surface area (Å²) in [4.78, 5) is 12.5. The molecule has 1 heterocycles. The zero-order valence-corrected chi connectivity index (χ0v) is 21.6. The van der Waals surface area contributed by atoms with Gasteiger partial charge in [0, 0.05) is 16.6 Å². The van der Waals surface area contributed by atoms with Gasteiger partial charge in [-0.3, -0.25) is 4.79 Å². The van der Waals surface area contributed by atoms with Crippen molar-refractivity contribution < 1.29 is 23.7 Å². The molecule has 0 saturated heterocycles. The topological polar surface area (TPSA) is 116 Å². The van der Waals surface area contributed by atoms with Crippen LogP contribution in [0.5, 0.6) is 23.0 Å². The number of hydrogen-bond donors (Lipinski definition) is 2. The minimum absolute atomic E-state index is 0.0693. The minimum atomic E-state index is -0.463. The Morgan fingerprint density at radius 1 is 1.03 bits per heavy atom. The average Bonchev–Trinajstić information content (AvgIpc) is 2.96. The first-order valence-corrected chi connectivity index (χ1v) is 12.4. The molecule has 8 nitrogen and oxygen atoms in total. The molecule has 0 fully saturated rings. The predicted molar refractivity (Wildman–Crippen MR) is 148 cm³/mol. The van der Waals surface area contributed by atoms with E-state index in [-0.39, 0.29) is 18.4 Å². The van der Waals surface area contributed by atoms with E-state index in [9.17, 15) is 10.1 Å². The first-order chi connectivity index (χ1) is 19.0. The standard InChI is InChI=1S/C31H27N3O5/c1-3-37-27-16-20(9-15-26(27)38-18-28(35)34-21-10-12-22(36-2)13-11-21)29-24-14-8-19-6-4-5-7-23(19)30(24)39-31(33)25(29)17-32/h4-16,29H,3,18,33H2,1-2H3,(H,34,35)/t29-/m1/s1. The number of nitrogens with zero attached hydrogens (tertiary/aromatic N) is 1. The molecule has 1 atom stereocenters. The molecule has 39 heavy (non-hydrogen) atoms. The maximum atomic E-state index is 12.5. The molecule has 0 saturated carbocycles. The van der Waals surface area contributed by atoms with Gasteiger partial charge >= 0.3 is 0 Å². The summed E-state index contributed by atoms with van der Waals surface area (Å²) in [6, 6.07) is 26.5. The maximum absolute atomic E-state index is 12.5. The van der Waals surface area contributed by atoms with E-state index in [0.29, 0.717) is 40.9 Å². The molecule has 1 aliphatic heterocycles. The molecule has 0 bridgehead atoms. The first-order valence-electron chi connectivity index (χ1n) is 12.4. The van der Waals surface area contributed by atoms with E-state index in [1.165, 1.54) is 0 Å². The van der Waals surface area contributed by atoms with Crippen molar-refractivity contribution >= 4 is 22.4 Å². The van der Waals surface area contributed by atoms with Crippen LogP contribution in [-0.2, 0) is 4.79 Å². The predicted octanol–water partition coefficient (Wildman–Crippen LogP) is 5.48. The third kappa shape index (κ3) is 5.15. The normalized spacial score (nSPS) is 14.1. The van der Waals surface area contributed by atoms with Crippen molar-refractivity contribution in [3.05, 3.63) is 101 Å². The third-order valence-corrected chi connectivity index (χ3v) is 6.44. The zero-order chi connectivity index (χ0) is 27.4. The van der Waals surface area contributed by atoms with E-state index in [2.05, 4.69) is 11.4 Å². The smallest absolute Gasteiger partial charge is 0.262 e. The second-order valence-corrected chi connectivity index (χ2v) is 8.83. The van der Waals surface area contributed by atoms with E-state index >= 15 is 0 Å². The summed E-state index contributed by atoms with van der Waals surface area (Å²) >= 11 is 0. The SMILES string of the molecule is CCOc1cc([C@H]2C(C#N)=C(N)Oc3c2ccc2ccccc32)ccc1OCC(=O)Nc1ccc(OC)cc1. The van der Waals surface area contributed by atoms with Crippen molar-refractivity contribution in [3.63, 3.8) is 0 Å². The lowest BCUT2D eigenvalue weighted by atomic mass is 9.82. The number of rotatable bonds is 8. The Hall–Kier alpha value is -5.16. The summed E-state index contributed by atoms with van der Waals surface area (Å²) < 4.78 is 22.8. The average molecular weight is 522 g/mol. The Balaban J connectivity index is 1.43. The van der Waals surface area contributed by atoms with E-state index in [1.807, 2.05) is 55.5 Å². The lowest BCUT2D eigenvalue weighted by Crippen LogP contribution is -2.21. The number of carbonyl (C=O) groups is 1. The number of nitriles is 1. The number of nitrogens with two attached hydrogens (primary N) is 1. The Morgan fingerprint density at radius 3 is 2.56 bits per heavy atom. The molecule has 0 aliphatic carbocycles. The molecule has 196 valence electrons. The van der Waals surface area contributed by atoms with Gasteiger partial charge in [-0.1, -0.05) is 42.5 Å². The molecule has 4 aromatic carbocycles. The lowest BCUT2D eigenvalue weighted by Gasteiger charge is -2.28. The molecule has 0 aromatic heterocycles. The number of amides is 1. The van der Waals surface area contributed by atoms with Crippen molar-refractivity contribution in [2.24, 2.45) is 5.73 Å². The molecule has 3 N–H and O–H groups in total. The van der Waals surface area contributed by atoms with Gasteiger partial charge in [0.2, 0.25) is 5.88 Å². The largest absolute Gasteiger partial charge is 0.497 e. The van der Waals surface area contributed by atoms with E-state index in [1.54, 1.807) is 37.4 Å². The molecule has 0 spiro atoms. The van der Waals surface area contributed by atoms with Gasteiger partial charge in [0.15, 0.2) is 18.1 Å². The number of ether oxygens (including phenoxy) is 4. The van der Waals surface area contributed by atoms with Gasteiger partial charge < -0.3 is 30.0 Å². The molecule has 1 aliphatic rings. The minimum Gasteiger partial charge on any atom is -0.497 e. The Labute approximate surface area is 226 Å². The van der Waals surface area contributed by atoms with Crippen molar-refractivity contribution in [2.45, 2.75) is 12.8 Å². The van der Waals surface area contributed by atoms with Crippen molar-refractivity contribution in [1.82, 2.24) is 0 Å². The van der Waals surface area contributed by atoms with Crippen molar-refractivity contribution in [3.8, 4) is 29.1 Å². The summed E-state index contributed by atoms with van der Waals surface area (Å²) in [5, 5.41) is 14.7. The Bertz CT molecular complexity index is 1610. The highest BCUT2D eigenvalue weighted by atomic mass is 16.5. The molecule has 1 amide bonds. The van der Waals surface area contributed by atoms with E-state index in [4.69, 9.17) is 24.7 Å². The van der Waals surface area contributed by atoms with Crippen LogP contribution in [0.4, 0.5) is 5.69 Å². The van der Waals surface area contributed by atoms with Crippen LogP contribution >= 0.6 is 0 Å². The summed E-state index contributed by atoms with van der Waals surface area (Å²) in [5.74, 6) is 1.48. The van der Waals surface area contributed by atoms with Crippen LogP contribution in [0.15, 0.2) is 90.3 Å². The quantitative estimate of drug-likeness (QED) is 0.315. The van der Waals surface area contributed by atoms with E-state index in [0.717, 1.165) is 21.9 Å². The van der Waals surface area contributed by atoms with Gasteiger partial charge in [-0.15, -0.1) is 0 Å². The fourth-order valence-corrected chi connectivity index (χ4v) is 4.64. The van der Waals surface area contributed by atoms with Crippen LogP contribution in [0, 0.1) is 11.3 Å². The highest BCUT2D eigenvalue weighted by Crippen LogP contribution is 2.46. The van der Waals surface area contributed by atoms with Crippen LogP contribution in [0.1, 0.15) is 24.0 Å². The zero-order valence-electron chi connectivity index (χ0n) is 21.6. The van der Waals surface area contributed by atoms with Crippen LogP contribution in [0.2, 0.25) is 0 Å². The van der Waals surface area contributed by atoms with Gasteiger partial charge in [0.25, 0.3) is 5.91 Å². The molecule has 8 heteroatoms. The number of anilines is 1. The Morgan fingerprint density at radius 2 is 1.82 bits per heavy atom. The summed E-state index contributed by atoms with van der Waals surface area (Å²) in [7, 11) is 1.58. The van der Waals surface area contributed by atoms with E-state index < -0.39 is 5.92 Å². The summed E-state index contributed by atoms with van der Waals surface area (Å²) in [5.41, 5.74) is 8.79. The summed E-state index contributed by atoms with van der Waals surface area (Å²) in [6.07, 6.45) is 0. The van der Waals surface area contributed by atoms with Gasteiger partial charge in [0.05, 0.1) is 19.6 Å². The fourth-order valence-electron chi connectivity index (χ4n) is 4.64. The highest BCUT2D eigenvalue weighted by Gasteiger charge is 2.32. The van der Waals surface area contributed by atoms with Crippen molar-refractivity contribution in [2.75, 3.05) is 25.6 Å². The van der Waals surface area contributed by atoms with Gasteiger partial charge in [-0.05, 0) is 54.3 Å². The maximum Gasteiger partial charge on any atom is 0.262 e. The van der Waals surface area contributed by atoms with Crippen LogP contribution in [-0.4, -0.2) is 26.2 Å². The second-order valence-electron chi connectivity index (χ2n) is 8.83. The molecule has 5 rings (SSSR count). The first kappa shape index (κ1) is 25.5. The summed E-state index contributed by atoms with van der Waals surface area (Å²) in [6.45, 7) is 2.03. The number of benzene rings is 4. The van der Waals surface area contributed by atoms with Gasteiger partial charge in [0.1, 0.15) is 23.1 Å². The highest BCUT2D eigenvalue weighted by molar-refractivity contribution is 5.92. The Kier molecular flexibility index (Phi) is 7.23. The monoisotopic (exact) mass is 521 g/mol. The third-order valence-electron chi connectivity index (χ3n) is 6.44. The number of methoxy groups -OCH3 is 1. The molecule has 0 unspecified atom stereocenters. The van der Waals surface area contributed by atoms with Gasteiger partial charge in [-0.2, -0.15) is 5.26 Å². The number of nitrogens with one attached hydrogen (secondary N) is 1. The second kappa shape index (κ2) is 11.1. The molecule has 4 aromatic rings. The molecule has 0 radical (unpaired) electrons. The number of allylic oxidation sites excluding steroid dienone is 1. The van der Waals surface area contributed by atoms with Crippen LogP contribution < -0.4 is 30.0 Å². The lowest BCUT2D eigenvalue weighted by molar-refractivity contribution is -0.118. The fraction of sp³-hybridized carbons (Fsp3) is 0.161. The number of hydrogen-bond acceptors (Lipinski definition) is 7. The molecular weight excluding hydrogens is 494 g/mol. The van der Waals surface area contributed by atoms with Crippen LogP contribution in [0.25, 0.3) is 10.8 Å². The number of fused-ring (bicyclic) bond motifs is 3. The van der Waals surface area contributed by atoms with Crippen LogP contribution in [0.3, 0.4) is 0 Å².